The van der Waals surface area contributed by atoms with Gasteiger partial charge in [0.1, 0.15) is 6.04 Å². The van der Waals surface area contributed by atoms with Crippen LogP contribution in [0.25, 0.3) is 6.08 Å². The van der Waals surface area contributed by atoms with Crippen LogP contribution in [-0.4, -0.2) is 39.2 Å². The van der Waals surface area contributed by atoms with Gasteiger partial charge in [0.25, 0.3) is 0 Å². The Morgan fingerprint density at radius 1 is 1.43 bits per heavy atom. The van der Waals surface area contributed by atoms with E-state index in [1.807, 2.05) is 30.3 Å². The van der Waals surface area contributed by atoms with Crippen molar-refractivity contribution in [3.63, 3.8) is 0 Å². The number of hydrogen-bond acceptors (Lipinski definition) is 5. The first-order chi connectivity index (χ1) is 11.1. The Hall–Kier alpha value is -2.47. The molecule has 0 spiro atoms. The van der Waals surface area contributed by atoms with Crippen molar-refractivity contribution in [3.05, 3.63) is 53.7 Å². The van der Waals surface area contributed by atoms with Gasteiger partial charge in [-0.2, -0.15) is 4.98 Å². The summed E-state index contributed by atoms with van der Waals surface area (Å²) in [6.07, 6.45) is 5.66. The van der Waals surface area contributed by atoms with Gasteiger partial charge in [0.15, 0.2) is 5.82 Å². The fourth-order valence-corrected chi connectivity index (χ4v) is 2.33. The Morgan fingerprint density at radius 2 is 2.17 bits per heavy atom. The molecule has 120 valence electrons. The second-order valence-electron chi connectivity index (χ2n) is 5.79. The maximum absolute atomic E-state index is 11.5. The number of hydrogen-bond donors (Lipinski definition) is 1. The third-order valence-corrected chi connectivity index (χ3v) is 3.80. The minimum atomic E-state index is -0.911. The van der Waals surface area contributed by atoms with Crippen molar-refractivity contribution < 1.29 is 14.4 Å². The van der Waals surface area contributed by atoms with E-state index in [1.54, 1.807) is 24.1 Å². The van der Waals surface area contributed by atoms with Crippen molar-refractivity contribution in [1.82, 2.24) is 15.0 Å². The number of likely N-dealkylation sites (N-methyl/N-ethyl adjacent to an activating group) is 1. The number of benzene rings is 1. The van der Waals surface area contributed by atoms with E-state index < -0.39 is 12.0 Å². The molecule has 0 aliphatic heterocycles. The Morgan fingerprint density at radius 3 is 2.83 bits per heavy atom. The standard InChI is InChI=1S/C17H19N3O3/c1-20(11-15-18-16(23-19-15)13-8-9-13)14(17(21)22)10-7-12-5-3-2-4-6-12/h2-7,10,13-14H,8-9,11H2,1H3,(H,21,22)/b10-7+/t14-/m0/s1. The van der Waals surface area contributed by atoms with E-state index in [-0.39, 0.29) is 0 Å². The van der Waals surface area contributed by atoms with Crippen LogP contribution in [0.5, 0.6) is 0 Å². The molecule has 1 heterocycles. The van der Waals surface area contributed by atoms with Crippen molar-refractivity contribution >= 4 is 12.0 Å². The highest BCUT2D eigenvalue weighted by Gasteiger charge is 2.30. The van der Waals surface area contributed by atoms with Crippen molar-refractivity contribution in [2.45, 2.75) is 31.3 Å². The van der Waals surface area contributed by atoms with Crippen molar-refractivity contribution in [3.8, 4) is 0 Å². The molecule has 6 heteroatoms. The number of rotatable bonds is 7. The number of carboxylic acid groups (broad SMARTS) is 1. The van der Waals surface area contributed by atoms with Crippen LogP contribution in [0, 0.1) is 0 Å². The van der Waals surface area contributed by atoms with Gasteiger partial charge in [-0.25, -0.2) is 0 Å². The number of nitrogens with zero attached hydrogens (tertiary/aromatic N) is 3. The quantitative estimate of drug-likeness (QED) is 0.846. The smallest absolute Gasteiger partial charge is 0.324 e. The van der Waals surface area contributed by atoms with Gasteiger partial charge in [0, 0.05) is 5.92 Å². The first-order valence-electron chi connectivity index (χ1n) is 7.62. The zero-order valence-electron chi connectivity index (χ0n) is 12.9. The Bertz CT molecular complexity index is 692. The fourth-order valence-electron chi connectivity index (χ4n) is 2.33. The molecule has 0 radical (unpaired) electrons. The Balaban J connectivity index is 1.66. The predicted molar refractivity (Wildman–Crippen MR) is 84.6 cm³/mol. The van der Waals surface area contributed by atoms with E-state index in [2.05, 4.69) is 10.1 Å². The normalized spacial score (nSPS) is 16.1. The highest BCUT2D eigenvalue weighted by Crippen LogP contribution is 2.38. The lowest BCUT2D eigenvalue weighted by Gasteiger charge is -2.20. The molecule has 1 aromatic carbocycles. The van der Waals surface area contributed by atoms with Gasteiger partial charge in [-0.15, -0.1) is 0 Å². The van der Waals surface area contributed by atoms with E-state index in [4.69, 9.17) is 4.52 Å². The van der Waals surface area contributed by atoms with Crippen LogP contribution < -0.4 is 0 Å². The highest BCUT2D eigenvalue weighted by molar-refractivity contribution is 5.77. The fraction of sp³-hybridized carbons (Fsp3) is 0.353. The molecule has 0 saturated heterocycles. The Kier molecular flexibility index (Phi) is 4.52. The summed E-state index contributed by atoms with van der Waals surface area (Å²) in [5.41, 5.74) is 0.961. The summed E-state index contributed by atoms with van der Waals surface area (Å²) >= 11 is 0. The molecule has 2 aromatic rings. The lowest BCUT2D eigenvalue weighted by atomic mass is 10.1. The molecule has 1 atom stereocenters. The van der Waals surface area contributed by atoms with Gasteiger partial charge in [0.2, 0.25) is 5.89 Å². The summed E-state index contributed by atoms with van der Waals surface area (Å²) in [5, 5.41) is 13.4. The SMILES string of the molecule is CN(Cc1noc(C2CC2)n1)[C@@H](/C=C/c1ccccc1)C(=O)O. The molecule has 1 aliphatic rings. The molecule has 23 heavy (non-hydrogen) atoms. The van der Waals surface area contributed by atoms with Gasteiger partial charge in [-0.3, -0.25) is 9.69 Å². The van der Waals surface area contributed by atoms with Crippen LogP contribution >= 0.6 is 0 Å². The molecule has 1 N–H and O–H groups in total. The van der Waals surface area contributed by atoms with Crippen LogP contribution in [0.4, 0.5) is 0 Å². The molecule has 0 bridgehead atoms. The Labute approximate surface area is 134 Å². The van der Waals surface area contributed by atoms with E-state index in [0.717, 1.165) is 18.4 Å². The van der Waals surface area contributed by atoms with Crippen LogP contribution in [-0.2, 0) is 11.3 Å². The summed E-state index contributed by atoms with van der Waals surface area (Å²) in [4.78, 5) is 17.5. The first-order valence-corrected chi connectivity index (χ1v) is 7.62. The van der Waals surface area contributed by atoms with E-state index in [0.29, 0.717) is 24.2 Å². The molecule has 1 saturated carbocycles. The number of aliphatic carboxylic acids is 1. The van der Waals surface area contributed by atoms with Gasteiger partial charge in [-0.05, 0) is 25.5 Å². The summed E-state index contributed by atoms with van der Waals surface area (Å²) in [7, 11) is 1.74. The minimum absolute atomic E-state index is 0.326. The monoisotopic (exact) mass is 313 g/mol. The highest BCUT2D eigenvalue weighted by atomic mass is 16.5. The molecule has 6 nitrogen and oxygen atoms in total. The molecular formula is C17H19N3O3. The zero-order chi connectivity index (χ0) is 16.2. The second-order valence-corrected chi connectivity index (χ2v) is 5.79. The van der Waals surface area contributed by atoms with E-state index in [1.165, 1.54) is 0 Å². The zero-order valence-corrected chi connectivity index (χ0v) is 12.9. The first kappa shape index (κ1) is 15.4. The maximum atomic E-state index is 11.5. The third kappa shape index (κ3) is 4.04. The third-order valence-electron chi connectivity index (χ3n) is 3.80. The predicted octanol–water partition coefficient (Wildman–Crippen LogP) is 2.55. The van der Waals surface area contributed by atoms with Gasteiger partial charge < -0.3 is 9.63 Å². The summed E-state index contributed by atoms with van der Waals surface area (Å²) in [6.45, 7) is 0.326. The molecule has 0 unspecified atom stereocenters. The van der Waals surface area contributed by atoms with Crippen molar-refractivity contribution in [1.29, 1.82) is 0 Å². The number of aromatic nitrogens is 2. The maximum Gasteiger partial charge on any atom is 0.324 e. The van der Waals surface area contributed by atoms with Gasteiger partial charge in [0.05, 0.1) is 6.54 Å². The minimum Gasteiger partial charge on any atom is -0.480 e. The second kappa shape index (κ2) is 6.75. The summed E-state index contributed by atoms with van der Waals surface area (Å²) in [6, 6.07) is 8.85. The number of carbonyl (C=O) groups is 1. The lowest BCUT2D eigenvalue weighted by molar-refractivity contribution is -0.141. The average molecular weight is 313 g/mol. The van der Waals surface area contributed by atoms with Crippen molar-refractivity contribution in [2.24, 2.45) is 0 Å². The molecule has 1 aromatic heterocycles. The van der Waals surface area contributed by atoms with Gasteiger partial charge >= 0.3 is 5.97 Å². The number of carboxylic acids is 1. The lowest BCUT2D eigenvalue weighted by Crippen LogP contribution is -2.36. The molecule has 3 rings (SSSR count). The topological polar surface area (TPSA) is 79.5 Å². The summed E-state index contributed by atoms with van der Waals surface area (Å²) in [5.74, 6) is 0.675. The van der Waals surface area contributed by atoms with Crippen LogP contribution in [0.2, 0.25) is 0 Å². The van der Waals surface area contributed by atoms with E-state index in [9.17, 15) is 9.90 Å². The van der Waals surface area contributed by atoms with Crippen LogP contribution in [0.3, 0.4) is 0 Å². The largest absolute Gasteiger partial charge is 0.480 e. The van der Waals surface area contributed by atoms with E-state index >= 15 is 0 Å². The molecular weight excluding hydrogens is 294 g/mol. The van der Waals surface area contributed by atoms with Crippen molar-refractivity contribution in [2.75, 3.05) is 7.05 Å². The molecule has 1 fully saturated rings. The molecule has 0 amide bonds. The average Bonchev–Trinajstić information content (AvgIpc) is 3.28. The summed E-state index contributed by atoms with van der Waals surface area (Å²) < 4.78 is 5.21. The van der Waals surface area contributed by atoms with Gasteiger partial charge in [-0.1, -0.05) is 47.6 Å². The molecule has 1 aliphatic carbocycles. The van der Waals surface area contributed by atoms with Crippen LogP contribution in [0.1, 0.15) is 36.0 Å². The van der Waals surface area contributed by atoms with Crippen LogP contribution in [0.15, 0.2) is 40.9 Å².